The van der Waals surface area contributed by atoms with Crippen LogP contribution in [0.15, 0.2) is 48.5 Å². The van der Waals surface area contributed by atoms with Gasteiger partial charge in [0.2, 0.25) is 0 Å². The summed E-state index contributed by atoms with van der Waals surface area (Å²) in [4.78, 5) is 10.5. The summed E-state index contributed by atoms with van der Waals surface area (Å²) in [7, 11) is 0. The number of aliphatic carboxylic acids is 1. The first-order chi connectivity index (χ1) is 10.1. The van der Waals surface area contributed by atoms with Gasteiger partial charge in [-0.1, -0.05) is 18.2 Å². The molecule has 2 aromatic carbocycles. The second-order valence-electron chi connectivity index (χ2n) is 4.23. The van der Waals surface area contributed by atoms with Crippen LogP contribution in [0.1, 0.15) is 11.1 Å². The van der Waals surface area contributed by atoms with Crippen molar-refractivity contribution >= 4 is 12.0 Å². The van der Waals surface area contributed by atoms with Crippen molar-refractivity contribution in [3.05, 3.63) is 71.3 Å². The van der Waals surface area contributed by atoms with Crippen LogP contribution in [0.25, 0.3) is 6.08 Å². The number of carboxylic acids is 1. The molecule has 0 bridgehead atoms. The molecular formula is C16H12F2O3. The van der Waals surface area contributed by atoms with Gasteiger partial charge in [-0.05, 0) is 41.5 Å². The van der Waals surface area contributed by atoms with Crippen molar-refractivity contribution in [3.63, 3.8) is 0 Å². The number of rotatable bonds is 5. The number of halogens is 2. The van der Waals surface area contributed by atoms with E-state index in [0.29, 0.717) is 11.1 Å². The lowest BCUT2D eigenvalue weighted by Crippen LogP contribution is -2.00. The van der Waals surface area contributed by atoms with E-state index in [4.69, 9.17) is 9.84 Å². The summed E-state index contributed by atoms with van der Waals surface area (Å²) < 4.78 is 32.0. The number of hydrogen-bond donors (Lipinski definition) is 1. The molecule has 0 radical (unpaired) electrons. The molecule has 0 unspecified atom stereocenters. The van der Waals surface area contributed by atoms with Crippen molar-refractivity contribution in [3.8, 4) is 5.75 Å². The number of carboxylic acid groups (broad SMARTS) is 1. The minimum atomic E-state index is -1.14. The summed E-state index contributed by atoms with van der Waals surface area (Å²) in [6.07, 6.45) is 2.17. The van der Waals surface area contributed by atoms with Gasteiger partial charge in [-0.25, -0.2) is 13.6 Å². The smallest absolute Gasteiger partial charge is 0.328 e. The van der Waals surface area contributed by atoms with Gasteiger partial charge in [0.25, 0.3) is 0 Å². The van der Waals surface area contributed by atoms with Gasteiger partial charge in [0.15, 0.2) is 11.6 Å². The first-order valence-corrected chi connectivity index (χ1v) is 6.13. The molecular weight excluding hydrogens is 278 g/mol. The minimum absolute atomic E-state index is 0.000502. The van der Waals surface area contributed by atoms with Crippen LogP contribution < -0.4 is 4.74 Å². The lowest BCUT2D eigenvalue weighted by molar-refractivity contribution is -0.131. The average molecular weight is 290 g/mol. The third-order valence-corrected chi connectivity index (χ3v) is 2.73. The molecule has 0 amide bonds. The van der Waals surface area contributed by atoms with Gasteiger partial charge in [0, 0.05) is 6.08 Å². The maximum Gasteiger partial charge on any atom is 0.328 e. The zero-order chi connectivity index (χ0) is 15.2. The third kappa shape index (κ3) is 4.14. The van der Waals surface area contributed by atoms with Crippen molar-refractivity contribution < 1.29 is 23.4 Å². The summed E-state index contributed by atoms with van der Waals surface area (Å²) in [5.41, 5.74) is 0.922. The van der Waals surface area contributed by atoms with Crippen molar-refractivity contribution in [1.82, 2.24) is 0 Å². The lowest BCUT2D eigenvalue weighted by atomic mass is 10.1. The topological polar surface area (TPSA) is 46.5 Å². The van der Waals surface area contributed by atoms with Gasteiger partial charge in [-0.2, -0.15) is 0 Å². The molecule has 1 N–H and O–H groups in total. The highest BCUT2D eigenvalue weighted by Crippen LogP contribution is 2.19. The molecule has 0 aromatic heterocycles. The zero-order valence-electron chi connectivity index (χ0n) is 10.9. The SMILES string of the molecule is O=C(O)C=Cc1cc(F)ccc1COc1ccccc1F. The molecule has 0 fully saturated rings. The fourth-order valence-electron chi connectivity index (χ4n) is 1.73. The Hall–Kier alpha value is -2.69. The molecule has 2 rings (SSSR count). The molecule has 3 nitrogen and oxygen atoms in total. The van der Waals surface area contributed by atoms with E-state index in [9.17, 15) is 13.6 Å². The van der Waals surface area contributed by atoms with Gasteiger partial charge in [-0.3, -0.25) is 0 Å². The second kappa shape index (κ2) is 6.65. The maximum absolute atomic E-state index is 13.4. The molecule has 0 heterocycles. The second-order valence-corrected chi connectivity index (χ2v) is 4.23. The molecule has 0 aliphatic carbocycles. The van der Waals surface area contributed by atoms with Crippen LogP contribution in [0.3, 0.4) is 0 Å². The van der Waals surface area contributed by atoms with E-state index in [0.717, 1.165) is 6.08 Å². The number of carbonyl (C=O) groups is 1. The van der Waals surface area contributed by atoms with Crippen molar-refractivity contribution in [2.45, 2.75) is 6.61 Å². The predicted molar refractivity (Wildman–Crippen MR) is 73.8 cm³/mol. The largest absolute Gasteiger partial charge is 0.486 e. The van der Waals surface area contributed by atoms with E-state index in [-0.39, 0.29) is 12.4 Å². The summed E-state index contributed by atoms with van der Waals surface area (Å²) in [6.45, 7) is 0.000502. The Morgan fingerprint density at radius 3 is 2.67 bits per heavy atom. The third-order valence-electron chi connectivity index (χ3n) is 2.73. The summed E-state index contributed by atoms with van der Waals surface area (Å²) in [5, 5.41) is 8.62. The Balaban J connectivity index is 2.20. The Labute approximate surface area is 120 Å². The fourth-order valence-corrected chi connectivity index (χ4v) is 1.73. The average Bonchev–Trinajstić information content (AvgIpc) is 2.45. The first-order valence-electron chi connectivity index (χ1n) is 6.13. The summed E-state index contributed by atoms with van der Waals surface area (Å²) in [5.74, 6) is -2.05. The van der Waals surface area contributed by atoms with Gasteiger partial charge in [-0.15, -0.1) is 0 Å². The summed E-state index contributed by atoms with van der Waals surface area (Å²) >= 11 is 0. The van der Waals surface area contributed by atoms with E-state index in [1.165, 1.54) is 36.4 Å². The Morgan fingerprint density at radius 1 is 1.19 bits per heavy atom. The quantitative estimate of drug-likeness (QED) is 0.855. The van der Waals surface area contributed by atoms with Crippen LogP contribution in [0.4, 0.5) is 8.78 Å². The zero-order valence-corrected chi connectivity index (χ0v) is 10.9. The molecule has 0 saturated carbocycles. The Bertz CT molecular complexity index is 681. The highest BCUT2D eigenvalue weighted by Gasteiger charge is 2.06. The number of para-hydroxylation sites is 1. The number of hydrogen-bond acceptors (Lipinski definition) is 2. The van der Waals surface area contributed by atoms with Crippen LogP contribution >= 0.6 is 0 Å². The first kappa shape index (κ1) is 14.7. The van der Waals surface area contributed by atoms with E-state index < -0.39 is 17.6 Å². The summed E-state index contributed by atoms with van der Waals surface area (Å²) in [6, 6.07) is 9.82. The van der Waals surface area contributed by atoms with Gasteiger partial charge < -0.3 is 9.84 Å². The minimum Gasteiger partial charge on any atom is -0.486 e. The van der Waals surface area contributed by atoms with Gasteiger partial charge in [0.1, 0.15) is 12.4 Å². The molecule has 0 atom stereocenters. The molecule has 0 saturated heterocycles. The molecule has 0 spiro atoms. The monoisotopic (exact) mass is 290 g/mol. The Kier molecular flexibility index (Phi) is 4.66. The van der Waals surface area contributed by atoms with E-state index in [2.05, 4.69) is 0 Å². The van der Waals surface area contributed by atoms with E-state index in [1.54, 1.807) is 12.1 Å². The normalized spacial score (nSPS) is 10.8. The van der Waals surface area contributed by atoms with E-state index >= 15 is 0 Å². The molecule has 5 heteroatoms. The molecule has 108 valence electrons. The highest BCUT2D eigenvalue weighted by atomic mass is 19.1. The van der Waals surface area contributed by atoms with Gasteiger partial charge in [0.05, 0.1) is 0 Å². The highest BCUT2D eigenvalue weighted by molar-refractivity contribution is 5.85. The number of benzene rings is 2. The number of ether oxygens (including phenoxy) is 1. The Morgan fingerprint density at radius 2 is 1.95 bits per heavy atom. The van der Waals surface area contributed by atoms with Crippen molar-refractivity contribution in [1.29, 1.82) is 0 Å². The van der Waals surface area contributed by atoms with Crippen LogP contribution in [0.5, 0.6) is 5.75 Å². The fraction of sp³-hybridized carbons (Fsp3) is 0.0625. The van der Waals surface area contributed by atoms with Crippen LogP contribution in [0.2, 0.25) is 0 Å². The van der Waals surface area contributed by atoms with Crippen LogP contribution in [-0.2, 0) is 11.4 Å². The van der Waals surface area contributed by atoms with Crippen LogP contribution in [-0.4, -0.2) is 11.1 Å². The van der Waals surface area contributed by atoms with Crippen molar-refractivity contribution in [2.24, 2.45) is 0 Å². The molecule has 0 aliphatic rings. The van der Waals surface area contributed by atoms with E-state index in [1.807, 2.05) is 0 Å². The molecule has 21 heavy (non-hydrogen) atoms. The molecule has 0 aliphatic heterocycles. The van der Waals surface area contributed by atoms with Gasteiger partial charge >= 0.3 is 5.97 Å². The molecule has 2 aromatic rings. The van der Waals surface area contributed by atoms with Crippen LogP contribution in [0, 0.1) is 11.6 Å². The maximum atomic E-state index is 13.4. The lowest BCUT2D eigenvalue weighted by Gasteiger charge is -2.09. The predicted octanol–water partition coefficient (Wildman–Crippen LogP) is 3.64. The van der Waals surface area contributed by atoms with Crippen molar-refractivity contribution in [2.75, 3.05) is 0 Å². The standard InChI is InChI=1S/C16H12F2O3/c17-13-7-5-12(11(9-13)6-8-16(19)20)10-21-15-4-2-1-3-14(15)18/h1-9H,10H2,(H,19,20).